The molecule has 1 aromatic rings. The van der Waals surface area contributed by atoms with Crippen LogP contribution in [-0.2, 0) is 0 Å². The molecule has 1 rings (SSSR count). The van der Waals surface area contributed by atoms with Crippen LogP contribution in [0, 0.1) is 23.0 Å². The Bertz CT molecular complexity index is 407. The van der Waals surface area contributed by atoms with Gasteiger partial charge in [0.2, 0.25) is 0 Å². The molecule has 0 spiro atoms. The molecule has 0 fully saturated rings. The van der Waals surface area contributed by atoms with E-state index in [4.69, 9.17) is 5.26 Å². The maximum Gasteiger partial charge on any atom is 0.153 e. The number of halogens is 2. The fourth-order valence-corrected chi connectivity index (χ4v) is 0.874. The summed E-state index contributed by atoms with van der Waals surface area (Å²) in [5, 5.41) is 10.2. The SMILES string of the molecule is N#Cc1cc(F)c(N=C=S)c(F)c1. The van der Waals surface area contributed by atoms with Gasteiger partial charge in [0.1, 0.15) is 5.69 Å². The number of nitriles is 1. The third-order valence-corrected chi connectivity index (χ3v) is 1.39. The molecule has 0 heterocycles. The minimum atomic E-state index is -0.922. The average molecular weight is 196 g/mol. The number of thiocarbonyl (C=S) groups is 1. The summed E-state index contributed by atoms with van der Waals surface area (Å²) in [7, 11) is 0. The van der Waals surface area contributed by atoms with E-state index in [9.17, 15) is 8.78 Å². The van der Waals surface area contributed by atoms with Gasteiger partial charge in [-0.05, 0) is 24.4 Å². The monoisotopic (exact) mass is 196 g/mol. The van der Waals surface area contributed by atoms with E-state index in [1.54, 1.807) is 6.07 Å². The molecule has 0 atom stereocenters. The molecule has 64 valence electrons. The number of hydrogen-bond donors (Lipinski definition) is 0. The first-order chi connectivity index (χ1) is 6.19. The van der Waals surface area contributed by atoms with E-state index in [-0.39, 0.29) is 5.56 Å². The van der Waals surface area contributed by atoms with Gasteiger partial charge in [-0.15, -0.1) is 0 Å². The van der Waals surface area contributed by atoms with Crippen LogP contribution >= 0.6 is 12.2 Å². The van der Waals surface area contributed by atoms with Gasteiger partial charge in [-0.3, -0.25) is 0 Å². The third-order valence-electron chi connectivity index (χ3n) is 1.30. The smallest absolute Gasteiger partial charge is 0.153 e. The molecule has 0 aliphatic carbocycles. The Kier molecular flexibility index (Phi) is 2.80. The molecule has 0 N–H and O–H groups in total. The molecule has 0 amide bonds. The molecule has 0 aliphatic rings. The molecule has 1 aromatic carbocycles. The van der Waals surface area contributed by atoms with Crippen molar-refractivity contribution in [2.75, 3.05) is 0 Å². The number of aliphatic imine (C=N–C) groups is 1. The summed E-state index contributed by atoms with van der Waals surface area (Å²) in [4.78, 5) is 3.19. The van der Waals surface area contributed by atoms with E-state index in [0.717, 1.165) is 12.1 Å². The Hall–Kier alpha value is -1.63. The Morgan fingerprint density at radius 1 is 1.31 bits per heavy atom. The summed E-state index contributed by atoms with van der Waals surface area (Å²) >= 11 is 4.20. The Balaban J connectivity index is 3.41. The lowest BCUT2D eigenvalue weighted by atomic mass is 10.2. The second-order valence-corrected chi connectivity index (χ2v) is 2.29. The first kappa shape index (κ1) is 9.46. The van der Waals surface area contributed by atoms with Gasteiger partial charge in [0.15, 0.2) is 11.6 Å². The summed E-state index contributed by atoms with van der Waals surface area (Å²) in [6.45, 7) is 0. The summed E-state index contributed by atoms with van der Waals surface area (Å²) in [6.07, 6.45) is 0. The lowest BCUT2D eigenvalue weighted by Gasteiger charge is -1.96. The van der Waals surface area contributed by atoms with E-state index in [1.807, 2.05) is 5.16 Å². The first-order valence-corrected chi connectivity index (χ1v) is 3.57. The van der Waals surface area contributed by atoms with E-state index in [1.165, 1.54) is 0 Å². The highest BCUT2D eigenvalue weighted by Crippen LogP contribution is 2.22. The summed E-state index contributed by atoms with van der Waals surface area (Å²) in [5.74, 6) is -1.84. The number of nitrogens with zero attached hydrogens (tertiary/aromatic N) is 2. The van der Waals surface area contributed by atoms with Gasteiger partial charge in [0.05, 0.1) is 16.8 Å². The van der Waals surface area contributed by atoms with Crippen molar-refractivity contribution in [2.45, 2.75) is 0 Å². The largest absolute Gasteiger partial charge is 0.204 e. The highest BCUT2D eigenvalue weighted by Gasteiger charge is 2.09. The molecule has 0 unspecified atom stereocenters. The predicted octanol–water partition coefficient (Wildman–Crippen LogP) is 2.57. The summed E-state index contributed by atoms with van der Waals surface area (Å²) in [6, 6.07) is 3.38. The number of rotatable bonds is 1. The average Bonchev–Trinajstić information content (AvgIpc) is 2.11. The second-order valence-electron chi connectivity index (χ2n) is 2.10. The number of benzene rings is 1. The van der Waals surface area contributed by atoms with Crippen molar-refractivity contribution in [3.05, 3.63) is 29.3 Å². The van der Waals surface area contributed by atoms with E-state index in [2.05, 4.69) is 17.2 Å². The van der Waals surface area contributed by atoms with Crippen molar-refractivity contribution in [2.24, 2.45) is 4.99 Å². The van der Waals surface area contributed by atoms with Gasteiger partial charge in [0.25, 0.3) is 0 Å². The van der Waals surface area contributed by atoms with Crippen LogP contribution in [0.5, 0.6) is 0 Å². The molecular weight excluding hydrogens is 194 g/mol. The van der Waals surface area contributed by atoms with E-state index >= 15 is 0 Å². The predicted molar refractivity (Wildman–Crippen MR) is 45.8 cm³/mol. The molecular formula is C8H2F2N2S. The van der Waals surface area contributed by atoms with Gasteiger partial charge in [-0.25, -0.2) is 8.78 Å². The zero-order valence-electron chi connectivity index (χ0n) is 6.21. The number of isothiocyanates is 1. The van der Waals surface area contributed by atoms with Crippen LogP contribution in [0.1, 0.15) is 5.56 Å². The van der Waals surface area contributed by atoms with Crippen LogP contribution in [0.3, 0.4) is 0 Å². The maximum absolute atomic E-state index is 12.9. The van der Waals surface area contributed by atoms with Gasteiger partial charge in [0, 0.05) is 0 Å². The normalized spacial score (nSPS) is 8.69. The molecule has 2 nitrogen and oxygen atoms in total. The highest BCUT2D eigenvalue weighted by atomic mass is 32.1. The van der Waals surface area contributed by atoms with Crippen molar-refractivity contribution in [3.8, 4) is 6.07 Å². The van der Waals surface area contributed by atoms with Crippen LogP contribution in [0.2, 0.25) is 0 Å². The zero-order valence-corrected chi connectivity index (χ0v) is 7.03. The van der Waals surface area contributed by atoms with Crippen molar-refractivity contribution >= 4 is 23.1 Å². The minimum Gasteiger partial charge on any atom is -0.204 e. The van der Waals surface area contributed by atoms with Gasteiger partial charge in [-0.1, -0.05) is 0 Å². The molecule has 5 heteroatoms. The van der Waals surface area contributed by atoms with Crippen molar-refractivity contribution in [1.82, 2.24) is 0 Å². The van der Waals surface area contributed by atoms with Crippen LogP contribution in [0.25, 0.3) is 0 Å². The van der Waals surface area contributed by atoms with Crippen molar-refractivity contribution in [1.29, 1.82) is 5.26 Å². The molecule has 0 bridgehead atoms. The second kappa shape index (κ2) is 3.85. The summed E-state index contributed by atoms with van der Waals surface area (Å²) < 4.78 is 25.8. The first-order valence-electron chi connectivity index (χ1n) is 3.16. The number of hydrogen-bond acceptors (Lipinski definition) is 3. The van der Waals surface area contributed by atoms with Crippen molar-refractivity contribution in [3.63, 3.8) is 0 Å². The Morgan fingerprint density at radius 3 is 2.23 bits per heavy atom. The third kappa shape index (κ3) is 1.94. The lowest BCUT2D eigenvalue weighted by molar-refractivity contribution is 0.587. The minimum absolute atomic E-state index is 0.0988. The van der Waals surface area contributed by atoms with Crippen LogP contribution in [0.4, 0.5) is 14.5 Å². The topological polar surface area (TPSA) is 36.1 Å². The van der Waals surface area contributed by atoms with Crippen molar-refractivity contribution < 1.29 is 8.78 Å². The van der Waals surface area contributed by atoms with E-state index in [0.29, 0.717) is 0 Å². The molecule has 0 radical (unpaired) electrons. The molecule has 0 saturated heterocycles. The fraction of sp³-hybridized carbons (Fsp3) is 0. The van der Waals surface area contributed by atoms with Crippen LogP contribution in [0.15, 0.2) is 17.1 Å². The Morgan fingerprint density at radius 2 is 1.85 bits per heavy atom. The maximum atomic E-state index is 12.9. The molecule has 0 aromatic heterocycles. The van der Waals surface area contributed by atoms with Crippen LogP contribution < -0.4 is 0 Å². The van der Waals surface area contributed by atoms with E-state index < -0.39 is 17.3 Å². The van der Waals surface area contributed by atoms with Crippen LogP contribution in [-0.4, -0.2) is 5.16 Å². The highest BCUT2D eigenvalue weighted by molar-refractivity contribution is 7.78. The van der Waals surface area contributed by atoms with Gasteiger partial charge in [-0.2, -0.15) is 10.3 Å². The zero-order chi connectivity index (χ0) is 9.84. The summed E-state index contributed by atoms with van der Waals surface area (Å²) in [5.41, 5.74) is -0.618. The fourth-order valence-electron chi connectivity index (χ4n) is 0.783. The lowest BCUT2D eigenvalue weighted by Crippen LogP contribution is -1.85. The molecule has 0 saturated carbocycles. The Labute approximate surface area is 78.1 Å². The quantitative estimate of drug-likeness (QED) is 0.511. The molecule has 13 heavy (non-hydrogen) atoms. The van der Waals surface area contributed by atoms with Gasteiger partial charge < -0.3 is 0 Å². The molecule has 0 aliphatic heterocycles. The van der Waals surface area contributed by atoms with Gasteiger partial charge >= 0.3 is 0 Å². The standard InChI is InChI=1S/C8H2F2N2S/c9-6-1-5(3-11)2-7(10)8(6)12-4-13/h1-2H.